The van der Waals surface area contributed by atoms with Crippen LogP contribution >= 0.6 is 11.3 Å². The lowest BCUT2D eigenvalue weighted by Gasteiger charge is -2.18. The van der Waals surface area contributed by atoms with Crippen molar-refractivity contribution in [1.29, 1.82) is 0 Å². The third kappa shape index (κ3) is 5.79. The van der Waals surface area contributed by atoms with Crippen LogP contribution in [0, 0.1) is 12.7 Å². The standard InChI is InChI=1S/C25H29FN4OS/c1-17-8-10-18(11-9-17)25-27-22(16-32-25)15-24(31)30(2)12-4-7-21-14-23(29-28-21)19-5-3-6-20(26)13-19/h3,5-6,8-11,13,16,21,23,28-29H,4,7,12,14-15H2,1-2H3. The van der Waals surface area contributed by atoms with Crippen molar-refractivity contribution in [2.75, 3.05) is 13.6 Å². The van der Waals surface area contributed by atoms with Gasteiger partial charge in [-0.05, 0) is 43.9 Å². The van der Waals surface area contributed by atoms with Gasteiger partial charge in [-0.3, -0.25) is 15.6 Å². The number of nitrogens with zero attached hydrogens (tertiary/aromatic N) is 2. The maximum atomic E-state index is 13.5. The lowest BCUT2D eigenvalue weighted by atomic mass is 9.99. The van der Waals surface area contributed by atoms with Crippen molar-refractivity contribution in [1.82, 2.24) is 20.7 Å². The molecular formula is C25H29FN4OS. The number of hydrazine groups is 1. The number of thiazole rings is 1. The summed E-state index contributed by atoms with van der Waals surface area (Å²) >= 11 is 1.58. The predicted molar refractivity (Wildman–Crippen MR) is 127 cm³/mol. The van der Waals surface area contributed by atoms with E-state index in [0.29, 0.717) is 19.0 Å². The molecule has 4 rings (SSSR count). The molecule has 1 amide bonds. The smallest absolute Gasteiger partial charge is 0.228 e. The van der Waals surface area contributed by atoms with E-state index in [1.165, 1.54) is 11.6 Å². The van der Waals surface area contributed by atoms with E-state index in [9.17, 15) is 9.18 Å². The Hall–Kier alpha value is -2.61. The molecule has 7 heteroatoms. The van der Waals surface area contributed by atoms with E-state index in [0.717, 1.165) is 41.1 Å². The van der Waals surface area contributed by atoms with E-state index in [1.54, 1.807) is 28.4 Å². The molecule has 2 atom stereocenters. The number of aryl methyl sites for hydroxylation is 1. The van der Waals surface area contributed by atoms with Crippen LogP contribution in [0.5, 0.6) is 0 Å². The first-order valence-electron chi connectivity index (χ1n) is 11.0. The highest BCUT2D eigenvalue weighted by Crippen LogP contribution is 2.25. The predicted octanol–water partition coefficient (Wildman–Crippen LogP) is 4.65. The molecule has 2 heterocycles. The third-order valence-corrected chi connectivity index (χ3v) is 6.83. The number of aromatic nitrogens is 1. The molecule has 0 saturated carbocycles. The summed E-state index contributed by atoms with van der Waals surface area (Å²) in [5.41, 5.74) is 10.6. The SMILES string of the molecule is Cc1ccc(-c2nc(CC(=O)N(C)CCCC3CC(c4cccc(F)c4)NN3)cs2)cc1. The summed E-state index contributed by atoms with van der Waals surface area (Å²) in [6.45, 7) is 2.77. The monoisotopic (exact) mass is 452 g/mol. The minimum Gasteiger partial charge on any atom is -0.345 e. The first-order chi connectivity index (χ1) is 15.5. The Labute approximate surface area is 192 Å². The zero-order chi connectivity index (χ0) is 22.5. The maximum absolute atomic E-state index is 13.5. The topological polar surface area (TPSA) is 57.3 Å². The number of benzene rings is 2. The molecule has 1 saturated heterocycles. The van der Waals surface area contributed by atoms with Crippen molar-refractivity contribution in [2.24, 2.45) is 0 Å². The van der Waals surface area contributed by atoms with Crippen LogP contribution in [0.3, 0.4) is 0 Å². The Bertz CT molecular complexity index is 1050. The second-order valence-corrected chi connectivity index (χ2v) is 9.33. The summed E-state index contributed by atoms with van der Waals surface area (Å²) < 4.78 is 13.5. The zero-order valence-electron chi connectivity index (χ0n) is 18.5. The van der Waals surface area contributed by atoms with Gasteiger partial charge >= 0.3 is 0 Å². The first-order valence-corrected chi connectivity index (χ1v) is 11.9. The number of likely N-dealkylation sites (N-methyl/N-ethyl adjacent to an activating group) is 1. The Morgan fingerprint density at radius 1 is 1.22 bits per heavy atom. The van der Waals surface area contributed by atoms with E-state index in [1.807, 2.05) is 18.5 Å². The summed E-state index contributed by atoms with van der Waals surface area (Å²) in [4.78, 5) is 19.1. The molecule has 0 spiro atoms. The summed E-state index contributed by atoms with van der Waals surface area (Å²) in [7, 11) is 1.85. The summed E-state index contributed by atoms with van der Waals surface area (Å²) in [5.74, 6) is -0.125. The van der Waals surface area contributed by atoms with Gasteiger partial charge in [-0.15, -0.1) is 11.3 Å². The Morgan fingerprint density at radius 3 is 2.81 bits per heavy atom. The molecule has 168 valence electrons. The highest BCUT2D eigenvalue weighted by molar-refractivity contribution is 7.13. The lowest BCUT2D eigenvalue weighted by molar-refractivity contribution is -0.129. The van der Waals surface area contributed by atoms with Crippen LogP contribution < -0.4 is 10.9 Å². The molecule has 0 radical (unpaired) electrons. The molecule has 1 fully saturated rings. The van der Waals surface area contributed by atoms with Gasteiger partial charge in [0.2, 0.25) is 5.91 Å². The lowest BCUT2D eigenvalue weighted by Crippen LogP contribution is -2.33. The number of nitrogens with one attached hydrogen (secondary N) is 2. The molecule has 32 heavy (non-hydrogen) atoms. The minimum atomic E-state index is -0.209. The summed E-state index contributed by atoms with van der Waals surface area (Å²) in [6.07, 6.45) is 3.08. The molecule has 3 aromatic rings. The Kier molecular flexibility index (Phi) is 7.29. The zero-order valence-corrected chi connectivity index (χ0v) is 19.3. The van der Waals surface area contributed by atoms with E-state index in [2.05, 4.69) is 47.0 Å². The van der Waals surface area contributed by atoms with Gasteiger partial charge in [-0.25, -0.2) is 9.37 Å². The van der Waals surface area contributed by atoms with Gasteiger partial charge in [0.25, 0.3) is 0 Å². The van der Waals surface area contributed by atoms with Crippen molar-refractivity contribution >= 4 is 17.2 Å². The third-order valence-electron chi connectivity index (χ3n) is 5.89. The van der Waals surface area contributed by atoms with Crippen molar-refractivity contribution in [2.45, 2.75) is 44.7 Å². The quantitative estimate of drug-likeness (QED) is 0.523. The van der Waals surface area contributed by atoms with Gasteiger partial charge < -0.3 is 4.90 Å². The summed E-state index contributed by atoms with van der Waals surface area (Å²) in [6, 6.07) is 15.4. The molecule has 2 aromatic carbocycles. The van der Waals surface area contributed by atoms with Gasteiger partial charge in [0.1, 0.15) is 10.8 Å². The molecule has 1 aliphatic rings. The van der Waals surface area contributed by atoms with Crippen LogP contribution in [0.2, 0.25) is 0 Å². The number of rotatable bonds is 8. The van der Waals surface area contributed by atoms with E-state index in [-0.39, 0.29) is 17.8 Å². The fraction of sp³-hybridized carbons (Fsp3) is 0.360. The van der Waals surface area contributed by atoms with Crippen LogP contribution in [0.4, 0.5) is 4.39 Å². The van der Waals surface area contributed by atoms with Crippen molar-refractivity contribution in [3.8, 4) is 10.6 Å². The molecule has 0 aliphatic carbocycles. The Morgan fingerprint density at radius 2 is 2.03 bits per heavy atom. The highest BCUT2D eigenvalue weighted by Gasteiger charge is 2.25. The van der Waals surface area contributed by atoms with Crippen LogP contribution in [0.25, 0.3) is 10.6 Å². The number of halogens is 1. The maximum Gasteiger partial charge on any atom is 0.228 e. The van der Waals surface area contributed by atoms with Gasteiger partial charge in [-0.2, -0.15) is 0 Å². The van der Waals surface area contributed by atoms with Gasteiger partial charge in [0.15, 0.2) is 0 Å². The van der Waals surface area contributed by atoms with E-state index >= 15 is 0 Å². The molecule has 2 N–H and O–H groups in total. The first kappa shape index (κ1) is 22.6. The van der Waals surface area contributed by atoms with Crippen LogP contribution in [0.15, 0.2) is 53.9 Å². The van der Waals surface area contributed by atoms with E-state index in [4.69, 9.17) is 0 Å². The van der Waals surface area contributed by atoms with Crippen LogP contribution in [0.1, 0.15) is 42.1 Å². The fourth-order valence-electron chi connectivity index (χ4n) is 3.96. The number of hydrogen-bond acceptors (Lipinski definition) is 5. The van der Waals surface area contributed by atoms with E-state index < -0.39 is 0 Å². The van der Waals surface area contributed by atoms with Gasteiger partial charge in [-0.1, -0.05) is 42.0 Å². The second kappa shape index (κ2) is 10.3. The van der Waals surface area contributed by atoms with Crippen molar-refractivity contribution in [3.05, 3.63) is 76.5 Å². The summed E-state index contributed by atoms with van der Waals surface area (Å²) in [5, 5.41) is 2.92. The van der Waals surface area contributed by atoms with Crippen molar-refractivity contribution < 1.29 is 9.18 Å². The molecular weight excluding hydrogens is 423 g/mol. The Balaban J connectivity index is 1.20. The normalized spacial score (nSPS) is 18.1. The largest absolute Gasteiger partial charge is 0.345 e. The van der Waals surface area contributed by atoms with Gasteiger partial charge in [0, 0.05) is 36.6 Å². The number of carbonyl (C=O) groups excluding carboxylic acids is 1. The number of carbonyl (C=O) groups is 1. The number of amides is 1. The highest BCUT2D eigenvalue weighted by atomic mass is 32.1. The van der Waals surface area contributed by atoms with Crippen molar-refractivity contribution in [3.63, 3.8) is 0 Å². The average Bonchev–Trinajstić information content (AvgIpc) is 3.44. The number of hydrogen-bond donors (Lipinski definition) is 2. The minimum absolute atomic E-state index is 0.0842. The van der Waals surface area contributed by atoms with Crippen LogP contribution in [-0.2, 0) is 11.2 Å². The molecule has 2 unspecified atom stereocenters. The second-order valence-electron chi connectivity index (χ2n) is 8.47. The van der Waals surface area contributed by atoms with Gasteiger partial charge in [0.05, 0.1) is 12.1 Å². The molecule has 1 aliphatic heterocycles. The fourth-order valence-corrected chi connectivity index (χ4v) is 4.79. The molecule has 5 nitrogen and oxygen atoms in total. The average molecular weight is 453 g/mol. The van der Waals surface area contributed by atoms with Crippen LogP contribution in [-0.4, -0.2) is 35.4 Å². The molecule has 1 aromatic heterocycles. The molecule has 0 bridgehead atoms.